The van der Waals surface area contributed by atoms with Gasteiger partial charge in [0.05, 0.1) is 6.10 Å². The third-order valence-corrected chi connectivity index (χ3v) is 3.74. The predicted octanol–water partition coefficient (Wildman–Crippen LogP) is 2.90. The molecule has 1 unspecified atom stereocenters. The topological polar surface area (TPSA) is 36.4 Å². The molecular formula is C14H22N2O. The van der Waals surface area contributed by atoms with E-state index in [0.717, 1.165) is 11.4 Å². The smallest absolute Gasteiger partial charge is 0.128 e. The van der Waals surface area contributed by atoms with Crippen molar-refractivity contribution in [1.29, 1.82) is 0 Å². The normalized spacial score (nSPS) is 19.0. The first-order valence-electron chi connectivity index (χ1n) is 6.55. The number of nitrogens with zero attached hydrogens (tertiary/aromatic N) is 2. The van der Waals surface area contributed by atoms with Crippen molar-refractivity contribution in [3.63, 3.8) is 0 Å². The molecule has 1 aliphatic rings. The standard InChI is InChI=1S/C14H22N2O/c1-11(17)12-8-9-15-14(10-12)16(2)13-6-4-3-5-7-13/h8-11,13,17H,3-7H2,1-2H3. The van der Waals surface area contributed by atoms with Crippen molar-refractivity contribution >= 4 is 5.82 Å². The van der Waals surface area contributed by atoms with Gasteiger partial charge in [-0.1, -0.05) is 19.3 Å². The summed E-state index contributed by atoms with van der Waals surface area (Å²) >= 11 is 0. The fourth-order valence-electron chi connectivity index (χ4n) is 2.54. The van der Waals surface area contributed by atoms with Gasteiger partial charge in [0, 0.05) is 19.3 Å². The van der Waals surface area contributed by atoms with Crippen molar-refractivity contribution < 1.29 is 5.11 Å². The molecule has 0 saturated heterocycles. The van der Waals surface area contributed by atoms with E-state index < -0.39 is 6.10 Å². The number of anilines is 1. The van der Waals surface area contributed by atoms with Gasteiger partial charge in [0.2, 0.25) is 0 Å². The van der Waals surface area contributed by atoms with Crippen LogP contribution in [0.15, 0.2) is 18.3 Å². The highest BCUT2D eigenvalue weighted by Gasteiger charge is 2.19. The van der Waals surface area contributed by atoms with E-state index in [9.17, 15) is 5.11 Å². The zero-order valence-corrected chi connectivity index (χ0v) is 10.8. The molecule has 1 N–H and O–H groups in total. The molecule has 3 heteroatoms. The molecule has 1 saturated carbocycles. The highest BCUT2D eigenvalue weighted by Crippen LogP contribution is 2.26. The van der Waals surface area contributed by atoms with Crippen molar-refractivity contribution in [3.8, 4) is 0 Å². The maximum atomic E-state index is 9.59. The van der Waals surface area contributed by atoms with Crippen LogP contribution in [-0.2, 0) is 0 Å². The second-order valence-electron chi connectivity index (χ2n) is 5.03. The molecule has 1 aromatic rings. The van der Waals surface area contributed by atoms with E-state index in [1.165, 1.54) is 32.1 Å². The average Bonchev–Trinajstić information content (AvgIpc) is 2.39. The number of pyridine rings is 1. The van der Waals surface area contributed by atoms with E-state index in [0.29, 0.717) is 6.04 Å². The number of hydrogen-bond acceptors (Lipinski definition) is 3. The SMILES string of the molecule is CC(O)c1ccnc(N(C)C2CCCCC2)c1. The molecule has 0 radical (unpaired) electrons. The van der Waals surface area contributed by atoms with Crippen LogP contribution in [0.3, 0.4) is 0 Å². The molecule has 1 aromatic heterocycles. The van der Waals surface area contributed by atoms with Crippen LogP contribution in [0, 0.1) is 0 Å². The quantitative estimate of drug-likeness (QED) is 0.873. The maximum Gasteiger partial charge on any atom is 0.128 e. The molecule has 17 heavy (non-hydrogen) atoms. The first-order chi connectivity index (χ1) is 8.18. The van der Waals surface area contributed by atoms with E-state index in [1.807, 2.05) is 12.1 Å². The Morgan fingerprint density at radius 1 is 1.35 bits per heavy atom. The summed E-state index contributed by atoms with van der Waals surface area (Å²) in [7, 11) is 2.12. The third kappa shape index (κ3) is 2.97. The van der Waals surface area contributed by atoms with Crippen LogP contribution >= 0.6 is 0 Å². The highest BCUT2D eigenvalue weighted by molar-refractivity contribution is 5.41. The molecule has 1 fully saturated rings. The Kier molecular flexibility index (Phi) is 4.00. The average molecular weight is 234 g/mol. The lowest BCUT2D eigenvalue weighted by atomic mass is 9.94. The monoisotopic (exact) mass is 234 g/mol. The first-order valence-corrected chi connectivity index (χ1v) is 6.55. The van der Waals surface area contributed by atoms with Crippen molar-refractivity contribution in [1.82, 2.24) is 4.98 Å². The van der Waals surface area contributed by atoms with Gasteiger partial charge in [0.1, 0.15) is 5.82 Å². The summed E-state index contributed by atoms with van der Waals surface area (Å²) in [4.78, 5) is 6.68. The predicted molar refractivity (Wildman–Crippen MR) is 70.1 cm³/mol. The minimum absolute atomic E-state index is 0.420. The Morgan fingerprint density at radius 2 is 2.06 bits per heavy atom. The lowest BCUT2D eigenvalue weighted by Gasteiger charge is -2.32. The number of aliphatic hydroxyl groups is 1. The number of hydrogen-bond donors (Lipinski definition) is 1. The summed E-state index contributed by atoms with van der Waals surface area (Å²) in [5.74, 6) is 0.982. The Labute approximate surface area is 103 Å². The van der Waals surface area contributed by atoms with E-state index in [-0.39, 0.29) is 0 Å². The van der Waals surface area contributed by atoms with Gasteiger partial charge < -0.3 is 10.0 Å². The molecule has 1 atom stereocenters. The molecule has 0 aromatic carbocycles. The van der Waals surface area contributed by atoms with Crippen LogP contribution in [-0.4, -0.2) is 23.2 Å². The number of aliphatic hydroxyl groups excluding tert-OH is 1. The second-order valence-corrected chi connectivity index (χ2v) is 5.03. The fourth-order valence-corrected chi connectivity index (χ4v) is 2.54. The molecule has 2 rings (SSSR count). The molecule has 0 spiro atoms. The van der Waals surface area contributed by atoms with Crippen LogP contribution in [0.4, 0.5) is 5.82 Å². The van der Waals surface area contributed by atoms with E-state index in [4.69, 9.17) is 0 Å². The van der Waals surface area contributed by atoms with Gasteiger partial charge >= 0.3 is 0 Å². The molecule has 94 valence electrons. The molecule has 0 aliphatic heterocycles. The van der Waals surface area contributed by atoms with Gasteiger partial charge in [-0.2, -0.15) is 0 Å². The van der Waals surface area contributed by atoms with E-state index >= 15 is 0 Å². The summed E-state index contributed by atoms with van der Waals surface area (Å²) in [6.07, 6.45) is 7.91. The maximum absolute atomic E-state index is 9.59. The van der Waals surface area contributed by atoms with Gasteiger partial charge in [0.25, 0.3) is 0 Å². The van der Waals surface area contributed by atoms with Crippen LogP contribution < -0.4 is 4.90 Å². The van der Waals surface area contributed by atoms with Crippen LogP contribution in [0.2, 0.25) is 0 Å². The Balaban J connectivity index is 2.12. The van der Waals surface area contributed by atoms with Crippen molar-refractivity contribution in [3.05, 3.63) is 23.9 Å². The van der Waals surface area contributed by atoms with Crippen molar-refractivity contribution in [2.75, 3.05) is 11.9 Å². The zero-order valence-electron chi connectivity index (χ0n) is 10.8. The minimum Gasteiger partial charge on any atom is -0.389 e. The van der Waals surface area contributed by atoms with Crippen LogP contribution in [0.25, 0.3) is 0 Å². The molecule has 1 aliphatic carbocycles. The molecular weight excluding hydrogens is 212 g/mol. The van der Waals surface area contributed by atoms with Gasteiger partial charge in [-0.3, -0.25) is 0 Å². The molecule has 0 amide bonds. The summed E-state index contributed by atoms with van der Waals surface area (Å²) in [6.45, 7) is 1.79. The van der Waals surface area contributed by atoms with Crippen molar-refractivity contribution in [2.45, 2.75) is 51.2 Å². The molecule has 1 heterocycles. The van der Waals surface area contributed by atoms with Crippen molar-refractivity contribution in [2.24, 2.45) is 0 Å². The lowest BCUT2D eigenvalue weighted by Crippen LogP contribution is -2.33. The van der Waals surface area contributed by atoms with Gasteiger partial charge in [0.15, 0.2) is 0 Å². The van der Waals surface area contributed by atoms with Gasteiger partial charge in [-0.05, 0) is 37.5 Å². The Morgan fingerprint density at radius 3 is 2.71 bits per heavy atom. The Bertz CT molecular complexity index is 359. The largest absolute Gasteiger partial charge is 0.389 e. The fraction of sp³-hybridized carbons (Fsp3) is 0.643. The highest BCUT2D eigenvalue weighted by atomic mass is 16.3. The lowest BCUT2D eigenvalue weighted by molar-refractivity contribution is 0.199. The molecule has 3 nitrogen and oxygen atoms in total. The summed E-state index contributed by atoms with van der Waals surface area (Å²) < 4.78 is 0. The van der Waals surface area contributed by atoms with Crippen LogP contribution in [0.1, 0.15) is 50.7 Å². The van der Waals surface area contributed by atoms with E-state index in [1.54, 1.807) is 13.1 Å². The van der Waals surface area contributed by atoms with E-state index in [2.05, 4.69) is 16.9 Å². The third-order valence-electron chi connectivity index (χ3n) is 3.74. The second kappa shape index (κ2) is 5.50. The summed E-state index contributed by atoms with van der Waals surface area (Å²) in [5.41, 5.74) is 0.942. The Hall–Kier alpha value is -1.09. The van der Waals surface area contributed by atoms with Gasteiger partial charge in [-0.15, -0.1) is 0 Å². The minimum atomic E-state index is -0.420. The first kappa shape index (κ1) is 12.4. The summed E-state index contributed by atoms with van der Waals surface area (Å²) in [5, 5.41) is 9.59. The van der Waals surface area contributed by atoms with Crippen LogP contribution in [0.5, 0.6) is 0 Å². The zero-order chi connectivity index (χ0) is 12.3. The summed E-state index contributed by atoms with van der Waals surface area (Å²) in [6, 6.07) is 4.49. The molecule has 0 bridgehead atoms. The number of rotatable bonds is 3. The van der Waals surface area contributed by atoms with Gasteiger partial charge in [-0.25, -0.2) is 4.98 Å². The number of aromatic nitrogens is 1.